The standard InChI is InChI=1S/C13H14N2O3/c1-18-7-6-14-12-9-4-2-3-5-11(9)15-8-10(12)13(16)17/h2-5,8H,6-7H2,1H3,(H,14,15)(H,16,17). The first kappa shape index (κ1) is 12.3. The maximum absolute atomic E-state index is 11.2. The molecule has 0 aliphatic heterocycles. The Hall–Kier alpha value is -2.14. The Labute approximate surface area is 104 Å². The van der Waals surface area contributed by atoms with E-state index in [1.165, 1.54) is 6.20 Å². The number of nitrogens with zero attached hydrogens (tertiary/aromatic N) is 1. The van der Waals surface area contributed by atoms with Crippen molar-refractivity contribution in [2.45, 2.75) is 0 Å². The van der Waals surface area contributed by atoms with Gasteiger partial charge in [0.15, 0.2) is 0 Å². The molecule has 2 rings (SSSR count). The fourth-order valence-electron chi connectivity index (χ4n) is 1.77. The molecule has 0 spiro atoms. The van der Waals surface area contributed by atoms with E-state index in [1.807, 2.05) is 24.3 Å². The van der Waals surface area contributed by atoms with Crippen molar-refractivity contribution in [3.8, 4) is 0 Å². The molecule has 94 valence electrons. The fraction of sp³-hybridized carbons (Fsp3) is 0.231. The lowest BCUT2D eigenvalue weighted by molar-refractivity contribution is 0.0697. The lowest BCUT2D eigenvalue weighted by Gasteiger charge is -2.11. The van der Waals surface area contributed by atoms with Crippen molar-refractivity contribution in [1.29, 1.82) is 0 Å². The number of carboxylic acid groups (broad SMARTS) is 1. The molecule has 2 aromatic rings. The molecule has 0 radical (unpaired) electrons. The molecule has 0 saturated carbocycles. The monoisotopic (exact) mass is 246 g/mol. The second kappa shape index (κ2) is 5.46. The van der Waals surface area contributed by atoms with Crippen molar-refractivity contribution >= 4 is 22.6 Å². The van der Waals surface area contributed by atoms with Gasteiger partial charge in [-0.2, -0.15) is 0 Å². The number of benzene rings is 1. The summed E-state index contributed by atoms with van der Waals surface area (Å²) in [6.45, 7) is 1.06. The SMILES string of the molecule is COCCNc1c(C(=O)O)cnc2ccccc12. The molecule has 2 N–H and O–H groups in total. The van der Waals surface area contributed by atoms with Crippen molar-refractivity contribution in [3.05, 3.63) is 36.0 Å². The van der Waals surface area contributed by atoms with Crippen LogP contribution < -0.4 is 5.32 Å². The number of carbonyl (C=O) groups is 1. The van der Waals surface area contributed by atoms with E-state index in [0.717, 1.165) is 10.9 Å². The summed E-state index contributed by atoms with van der Waals surface area (Å²) < 4.78 is 4.95. The van der Waals surface area contributed by atoms with E-state index in [2.05, 4.69) is 10.3 Å². The highest BCUT2D eigenvalue weighted by atomic mass is 16.5. The van der Waals surface area contributed by atoms with Crippen LogP contribution in [-0.2, 0) is 4.74 Å². The zero-order valence-electron chi connectivity index (χ0n) is 10.0. The maximum atomic E-state index is 11.2. The average molecular weight is 246 g/mol. The second-order valence-electron chi connectivity index (χ2n) is 3.79. The summed E-state index contributed by atoms with van der Waals surface area (Å²) in [6, 6.07) is 7.43. The van der Waals surface area contributed by atoms with Crippen LogP contribution in [0.5, 0.6) is 0 Å². The number of hydrogen-bond donors (Lipinski definition) is 2. The summed E-state index contributed by atoms with van der Waals surface area (Å²) in [4.78, 5) is 15.3. The highest BCUT2D eigenvalue weighted by molar-refractivity contribution is 6.04. The molecule has 0 aliphatic carbocycles. The number of fused-ring (bicyclic) bond motifs is 1. The van der Waals surface area contributed by atoms with Crippen LogP contribution in [0.1, 0.15) is 10.4 Å². The maximum Gasteiger partial charge on any atom is 0.339 e. The lowest BCUT2D eigenvalue weighted by atomic mass is 10.1. The Morgan fingerprint density at radius 2 is 2.22 bits per heavy atom. The molecule has 1 heterocycles. The third kappa shape index (κ3) is 2.41. The Kier molecular flexibility index (Phi) is 3.74. The van der Waals surface area contributed by atoms with Crippen LogP contribution in [0.25, 0.3) is 10.9 Å². The number of hydrogen-bond acceptors (Lipinski definition) is 4. The molecule has 1 aromatic heterocycles. The molecule has 0 bridgehead atoms. The van der Waals surface area contributed by atoms with Crippen molar-refractivity contribution < 1.29 is 14.6 Å². The smallest absolute Gasteiger partial charge is 0.339 e. The van der Waals surface area contributed by atoms with Gasteiger partial charge in [-0.15, -0.1) is 0 Å². The molecular formula is C13H14N2O3. The summed E-state index contributed by atoms with van der Waals surface area (Å²) in [7, 11) is 1.60. The van der Waals surface area contributed by atoms with Crippen LogP contribution in [0.2, 0.25) is 0 Å². The molecule has 18 heavy (non-hydrogen) atoms. The Morgan fingerprint density at radius 1 is 1.44 bits per heavy atom. The van der Waals surface area contributed by atoms with Gasteiger partial charge in [0.1, 0.15) is 5.56 Å². The lowest BCUT2D eigenvalue weighted by Crippen LogP contribution is -2.12. The van der Waals surface area contributed by atoms with Gasteiger partial charge in [0, 0.05) is 25.2 Å². The fourth-order valence-corrected chi connectivity index (χ4v) is 1.77. The van der Waals surface area contributed by atoms with Gasteiger partial charge in [-0.3, -0.25) is 4.98 Å². The number of ether oxygens (including phenoxy) is 1. The molecule has 5 nitrogen and oxygen atoms in total. The van der Waals surface area contributed by atoms with Crippen LogP contribution >= 0.6 is 0 Å². The van der Waals surface area contributed by atoms with Crippen LogP contribution in [-0.4, -0.2) is 36.3 Å². The van der Waals surface area contributed by atoms with Gasteiger partial charge in [-0.25, -0.2) is 4.79 Å². The van der Waals surface area contributed by atoms with Crippen molar-refractivity contribution in [3.63, 3.8) is 0 Å². The van der Waals surface area contributed by atoms with Gasteiger partial charge >= 0.3 is 5.97 Å². The average Bonchev–Trinajstić information content (AvgIpc) is 2.38. The molecule has 0 aliphatic rings. The Morgan fingerprint density at radius 3 is 2.94 bits per heavy atom. The van der Waals surface area contributed by atoms with Gasteiger partial charge in [0.2, 0.25) is 0 Å². The van der Waals surface area contributed by atoms with E-state index in [0.29, 0.717) is 18.8 Å². The molecule has 5 heteroatoms. The highest BCUT2D eigenvalue weighted by Crippen LogP contribution is 2.25. The molecular weight excluding hydrogens is 232 g/mol. The minimum atomic E-state index is -0.992. The number of para-hydroxylation sites is 1. The normalized spacial score (nSPS) is 10.5. The molecule has 1 aromatic carbocycles. The first-order chi connectivity index (χ1) is 8.74. The van der Waals surface area contributed by atoms with Crippen LogP contribution in [0.3, 0.4) is 0 Å². The zero-order chi connectivity index (χ0) is 13.0. The van der Waals surface area contributed by atoms with E-state index in [1.54, 1.807) is 7.11 Å². The van der Waals surface area contributed by atoms with E-state index in [-0.39, 0.29) is 5.56 Å². The van der Waals surface area contributed by atoms with Crippen LogP contribution in [0.4, 0.5) is 5.69 Å². The summed E-state index contributed by atoms with van der Waals surface area (Å²) in [5.41, 5.74) is 1.53. The predicted octanol–water partition coefficient (Wildman–Crippen LogP) is 1.99. The quantitative estimate of drug-likeness (QED) is 0.789. The first-order valence-electron chi connectivity index (χ1n) is 5.58. The molecule has 0 fully saturated rings. The van der Waals surface area contributed by atoms with Gasteiger partial charge in [0.25, 0.3) is 0 Å². The summed E-state index contributed by atoms with van der Waals surface area (Å²) in [6.07, 6.45) is 1.37. The topological polar surface area (TPSA) is 71.5 Å². The number of aromatic carboxylic acids is 1. The van der Waals surface area contributed by atoms with E-state index >= 15 is 0 Å². The van der Waals surface area contributed by atoms with Gasteiger partial charge in [0.05, 0.1) is 17.8 Å². The van der Waals surface area contributed by atoms with Crippen molar-refractivity contribution in [1.82, 2.24) is 4.98 Å². The van der Waals surface area contributed by atoms with Crippen LogP contribution in [0.15, 0.2) is 30.5 Å². The molecule has 0 saturated heterocycles. The minimum absolute atomic E-state index is 0.171. The molecule has 0 unspecified atom stereocenters. The van der Waals surface area contributed by atoms with E-state index in [4.69, 9.17) is 4.74 Å². The number of pyridine rings is 1. The van der Waals surface area contributed by atoms with E-state index < -0.39 is 5.97 Å². The number of nitrogens with one attached hydrogen (secondary N) is 1. The van der Waals surface area contributed by atoms with Crippen LogP contribution in [0, 0.1) is 0 Å². The first-order valence-corrected chi connectivity index (χ1v) is 5.58. The predicted molar refractivity (Wildman–Crippen MR) is 69.1 cm³/mol. The van der Waals surface area contributed by atoms with Gasteiger partial charge < -0.3 is 15.2 Å². The second-order valence-corrected chi connectivity index (χ2v) is 3.79. The molecule has 0 atom stereocenters. The summed E-state index contributed by atoms with van der Waals surface area (Å²) >= 11 is 0. The largest absolute Gasteiger partial charge is 0.478 e. The Bertz CT molecular complexity index is 569. The van der Waals surface area contributed by atoms with Crippen molar-refractivity contribution in [2.24, 2.45) is 0 Å². The number of anilines is 1. The summed E-state index contributed by atoms with van der Waals surface area (Å²) in [5.74, 6) is -0.992. The minimum Gasteiger partial charge on any atom is -0.478 e. The number of aromatic nitrogens is 1. The zero-order valence-corrected chi connectivity index (χ0v) is 10.0. The third-order valence-corrected chi connectivity index (χ3v) is 2.61. The number of methoxy groups -OCH3 is 1. The highest BCUT2D eigenvalue weighted by Gasteiger charge is 2.13. The Balaban J connectivity index is 2.48. The van der Waals surface area contributed by atoms with Gasteiger partial charge in [-0.1, -0.05) is 18.2 Å². The molecule has 0 amide bonds. The summed E-state index contributed by atoms with van der Waals surface area (Å²) in [5, 5.41) is 13.1. The third-order valence-electron chi connectivity index (χ3n) is 2.61. The number of rotatable bonds is 5. The number of carboxylic acids is 1. The van der Waals surface area contributed by atoms with E-state index in [9.17, 15) is 9.90 Å². The van der Waals surface area contributed by atoms with Gasteiger partial charge in [-0.05, 0) is 6.07 Å². The van der Waals surface area contributed by atoms with Crippen molar-refractivity contribution in [2.75, 3.05) is 25.6 Å².